The van der Waals surface area contributed by atoms with Crippen LogP contribution in [-0.4, -0.2) is 67.2 Å². The van der Waals surface area contributed by atoms with E-state index >= 15 is 0 Å². The molecule has 0 amide bonds. The Balaban J connectivity index is 3.79. The summed E-state index contributed by atoms with van der Waals surface area (Å²) < 4.78 is 0. The second kappa shape index (κ2) is 8.45. The van der Waals surface area contributed by atoms with E-state index in [0.717, 1.165) is 32.5 Å². The van der Waals surface area contributed by atoms with Gasteiger partial charge in [-0.2, -0.15) is 0 Å². The van der Waals surface area contributed by atoms with Gasteiger partial charge in [0.05, 0.1) is 0 Å². The largest absolute Gasteiger partial charge is 0.480 e. The highest BCUT2D eigenvalue weighted by atomic mass is 16.4. The molecule has 0 rings (SSSR count). The predicted molar refractivity (Wildman–Crippen MR) is 74.7 cm³/mol. The fraction of sp³-hybridized carbons (Fsp3) is 0.923. The molecule has 0 fully saturated rings. The van der Waals surface area contributed by atoms with Crippen LogP contribution in [0, 0.1) is 0 Å². The molecule has 0 bridgehead atoms. The first-order valence-electron chi connectivity index (χ1n) is 6.67. The second-order valence-electron chi connectivity index (χ2n) is 5.38. The van der Waals surface area contributed by atoms with Crippen molar-refractivity contribution in [3.63, 3.8) is 0 Å². The zero-order valence-electron chi connectivity index (χ0n) is 12.3. The Labute approximate surface area is 111 Å². The van der Waals surface area contributed by atoms with Crippen LogP contribution >= 0.6 is 0 Å². The third kappa shape index (κ3) is 6.93. The van der Waals surface area contributed by atoms with Crippen LogP contribution in [0.4, 0.5) is 0 Å². The van der Waals surface area contributed by atoms with Crippen molar-refractivity contribution >= 4 is 5.97 Å². The molecule has 0 saturated carbocycles. The number of aliphatic carboxylic acids is 1. The van der Waals surface area contributed by atoms with E-state index < -0.39 is 11.5 Å². The van der Waals surface area contributed by atoms with Gasteiger partial charge < -0.3 is 20.6 Å². The Kier molecular flexibility index (Phi) is 8.15. The first-order chi connectivity index (χ1) is 8.31. The summed E-state index contributed by atoms with van der Waals surface area (Å²) in [7, 11) is 6.20. The monoisotopic (exact) mass is 259 g/mol. The molecule has 5 heteroatoms. The van der Waals surface area contributed by atoms with Gasteiger partial charge in [0, 0.05) is 0 Å². The van der Waals surface area contributed by atoms with Gasteiger partial charge in [0.15, 0.2) is 0 Å². The van der Waals surface area contributed by atoms with Crippen molar-refractivity contribution in [1.82, 2.24) is 9.80 Å². The van der Waals surface area contributed by atoms with E-state index in [2.05, 4.69) is 30.9 Å². The molecule has 0 aromatic rings. The van der Waals surface area contributed by atoms with Crippen LogP contribution in [0.3, 0.4) is 0 Å². The molecule has 5 nitrogen and oxygen atoms in total. The maximum Gasteiger partial charge on any atom is 0.323 e. The van der Waals surface area contributed by atoms with E-state index in [1.165, 1.54) is 0 Å². The smallest absolute Gasteiger partial charge is 0.323 e. The number of carbonyl (C=O) groups is 1. The van der Waals surface area contributed by atoms with Crippen LogP contribution in [-0.2, 0) is 4.79 Å². The van der Waals surface area contributed by atoms with E-state index in [1.807, 2.05) is 6.92 Å². The predicted octanol–water partition coefficient (Wildman–Crippen LogP) is 0.842. The molecule has 0 saturated heterocycles. The van der Waals surface area contributed by atoms with Crippen LogP contribution in [0.5, 0.6) is 0 Å². The molecule has 108 valence electrons. The molecular formula is C13H29N3O2. The summed E-state index contributed by atoms with van der Waals surface area (Å²) in [6.45, 7) is 4.85. The first kappa shape index (κ1) is 17.4. The van der Waals surface area contributed by atoms with Gasteiger partial charge in [-0.3, -0.25) is 4.79 Å². The number of hydrogen-bond donors (Lipinski definition) is 2. The summed E-state index contributed by atoms with van der Waals surface area (Å²) >= 11 is 0. The third-order valence-electron chi connectivity index (χ3n) is 3.36. The van der Waals surface area contributed by atoms with Crippen molar-refractivity contribution in [3.05, 3.63) is 0 Å². The fourth-order valence-corrected chi connectivity index (χ4v) is 1.87. The standard InChI is InChI=1S/C13H29N3O2/c1-5-13(14,12(17)18)8-6-10-16(4)11-7-9-15(2)3/h5-11,14H2,1-4H3,(H,17,18). The van der Waals surface area contributed by atoms with Crippen LogP contribution in [0.1, 0.15) is 32.6 Å². The highest BCUT2D eigenvalue weighted by molar-refractivity contribution is 5.78. The minimum atomic E-state index is -1.05. The summed E-state index contributed by atoms with van der Waals surface area (Å²) in [4.78, 5) is 15.4. The van der Waals surface area contributed by atoms with Crippen molar-refractivity contribution in [1.29, 1.82) is 0 Å². The van der Waals surface area contributed by atoms with Crippen LogP contribution in [0.25, 0.3) is 0 Å². The molecule has 0 aliphatic carbocycles. The van der Waals surface area contributed by atoms with Crippen molar-refractivity contribution in [2.75, 3.05) is 40.8 Å². The van der Waals surface area contributed by atoms with Gasteiger partial charge in [-0.1, -0.05) is 6.92 Å². The van der Waals surface area contributed by atoms with Crippen molar-refractivity contribution in [3.8, 4) is 0 Å². The molecule has 0 aromatic carbocycles. The normalized spacial score (nSPS) is 15.1. The average molecular weight is 259 g/mol. The molecular weight excluding hydrogens is 230 g/mol. The SMILES string of the molecule is CCC(N)(CCCN(C)CCCN(C)C)C(=O)O. The first-order valence-corrected chi connectivity index (χ1v) is 6.67. The topological polar surface area (TPSA) is 69.8 Å². The van der Waals surface area contributed by atoms with E-state index in [1.54, 1.807) is 0 Å². The Morgan fingerprint density at radius 1 is 1.17 bits per heavy atom. The highest BCUT2D eigenvalue weighted by Crippen LogP contribution is 2.14. The lowest BCUT2D eigenvalue weighted by molar-refractivity contribution is -0.143. The van der Waals surface area contributed by atoms with Crippen LogP contribution in [0.2, 0.25) is 0 Å². The van der Waals surface area contributed by atoms with Crippen molar-refractivity contribution in [2.24, 2.45) is 5.73 Å². The minimum absolute atomic E-state index is 0.479. The number of carboxylic acid groups (broad SMARTS) is 1. The molecule has 1 unspecified atom stereocenters. The van der Waals surface area contributed by atoms with Gasteiger partial charge in [0.2, 0.25) is 0 Å². The average Bonchev–Trinajstić information content (AvgIpc) is 2.27. The fourth-order valence-electron chi connectivity index (χ4n) is 1.87. The zero-order chi connectivity index (χ0) is 14.2. The number of carboxylic acids is 1. The third-order valence-corrected chi connectivity index (χ3v) is 3.36. The lowest BCUT2D eigenvalue weighted by Crippen LogP contribution is -2.47. The van der Waals surface area contributed by atoms with Gasteiger partial charge >= 0.3 is 5.97 Å². The van der Waals surface area contributed by atoms with Gasteiger partial charge in [0.1, 0.15) is 5.54 Å². The van der Waals surface area contributed by atoms with Crippen LogP contribution < -0.4 is 5.73 Å². The van der Waals surface area contributed by atoms with Gasteiger partial charge in [0.25, 0.3) is 0 Å². The maximum atomic E-state index is 11.0. The summed E-state index contributed by atoms with van der Waals surface area (Å²) in [6.07, 6.45) is 2.97. The number of nitrogens with two attached hydrogens (primary N) is 1. The summed E-state index contributed by atoms with van der Waals surface area (Å²) in [5.74, 6) is -0.889. The summed E-state index contributed by atoms with van der Waals surface area (Å²) in [5, 5.41) is 9.06. The van der Waals surface area contributed by atoms with E-state index in [4.69, 9.17) is 10.8 Å². The molecule has 0 aliphatic heterocycles. The Hall–Kier alpha value is -0.650. The molecule has 0 aliphatic rings. The molecule has 0 radical (unpaired) electrons. The van der Waals surface area contributed by atoms with Gasteiger partial charge in [-0.05, 0) is 66.5 Å². The lowest BCUT2D eigenvalue weighted by Gasteiger charge is -2.24. The maximum absolute atomic E-state index is 11.0. The number of hydrogen-bond acceptors (Lipinski definition) is 4. The van der Waals surface area contributed by atoms with Crippen LogP contribution in [0.15, 0.2) is 0 Å². The molecule has 0 heterocycles. The number of rotatable bonds is 10. The zero-order valence-corrected chi connectivity index (χ0v) is 12.3. The Morgan fingerprint density at radius 3 is 2.17 bits per heavy atom. The van der Waals surface area contributed by atoms with Gasteiger partial charge in [-0.15, -0.1) is 0 Å². The molecule has 1 atom stereocenters. The lowest BCUT2D eigenvalue weighted by atomic mass is 9.92. The summed E-state index contributed by atoms with van der Waals surface area (Å²) in [6, 6.07) is 0. The molecule has 0 aromatic heterocycles. The van der Waals surface area contributed by atoms with E-state index in [9.17, 15) is 4.79 Å². The van der Waals surface area contributed by atoms with Crippen molar-refractivity contribution in [2.45, 2.75) is 38.1 Å². The van der Waals surface area contributed by atoms with Gasteiger partial charge in [-0.25, -0.2) is 0 Å². The van der Waals surface area contributed by atoms with E-state index in [-0.39, 0.29) is 0 Å². The highest BCUT2D eigenvalue weighted by Gasteiger charge is 2.30. The number of nitrogens with zero attached hydrogens (tertiary/aromatic N) is 2. The minimum Gasteiger partial charge on any atom is -0.480 e. The van der Waals surface area contributed by atoms with E-state index in [0.29, 0.717) is 12.8 Å². The van der Waals surface area contributed by atoms with Crippen molar-refractivity contribution < 1.29 is 9.90 Å². The summed E-state index contributed by atoms with van der Waals surface area (Å²) in [5.41, 5.74) is 4.79. The molecule has 3 N–H and O–H groups in total. The molecule has 18 heavy (non-hydrogen) atoms. The Bertz CT molecular complexity index is 246. The molecule has 0 spiro atoms. The second-order valence-corrected chi connectivity index (χ2v) is 5.38. The quantitative estimate of drug-likeness (QED) is 0.608. The Morgan fingerprint density at radius 2 is 1.72 bits per heavy atom.